The van der Waals surface area contributed by atoms with Crippen molar-refractivity contribution in [1.29, 1.82) is 0 Å². The summed E-state index contributed by atoms with van der Waals surface area (Å²) in [5.41, 5.74) is 0.741. The van der Waals surface area contributed by atoms with Crippen LogP contribution in [0.4, 0.5) is 11.4 Å². The van der Waals surface area contributed by atoms with Crippen LogP contribution in [0.5, 0.6) is 0 Å². The van der Waals surface area contributed by atoms with Gasteiger partial charge in [0.2, 0.25) is 0 Å². The van der Waals surface area contributed by atoms with Gasteiger partial charge in [-0.2, -0.15) is 0 Å². The van der Waals surface area contributed by atoms with Crippen molar-refractivity contribution in [2.45, 2.75) is 18.6 Å². The summed E-state index contributed by atoms with van der Waals surface area (Å²) in [5.74, 6) is 0.694. The second kappa shape index (κ2) is 4.31. The number of allylic oxidation sites excluding steroid dienone is 1. The third-order valence-electron chi connectivity index (χ3n) is 4.74. The lowest BCUT2D eigenvalue weighted by Crippen LogP contribution is -2.35. The van der Waals surface area contributed by atoms with Gasteiger partial charge in [-0.25, -0.2) is 4.79 Å². The minimum absolute atomic E-state index is 0.0111. The largest absolute Gasteiger partial charge is 0.460 e. The van der Waals surface area contributed by atoms with Gasteiger partial charge in [-0.05, 0) is 24.5 Å². The van der Waals surface area contributed by atoms with Gasteiger partial charge in [-0.3, -0.25) is 10.1 Å². The molecule has 1 heterocycles. The van der Waals surface area contributed by atoms with E-state index in [1.54, 1.807) is 12.1 Å². The molecule has 1 saturated heterocycles. The number of nitrogens with one attached hydrogen (secondary N) is 1. The SMILES string of the molecule is O=C1O[C@@H]2[C@H]([C@@H]1Nc1ccc([N+](=O)[O-])cc1)[C@H]1C=C[C@@H]2C1. The summed E-state index contributed by atoms with van der Waals surface area (Å²) >= 11 is 0. The van der Waals surface area contributed by atoms with Gasteiger partial charge in [0, 0.05) is 29.7 Å². The fourth-order valence-corrected chi connectivity index (χ4v) is 3.80. The summed E-state index contributed by atoms with van der Waals surface area (Å²) in [6.07, 6.45) is 5.37. The summed E-state index contributed by atoms with van der Waals surface area (Å²) in [5, 5.41) is 13.8. The first-order valence-corrected chi connectivity index (χ1v) is 7.03. The van der Waals surface area contributed by atoms with Crippen molar-refractivity contribution < 1.29 is 14.5 Å². The van der Waals surface area contributed by atoms with E-state index in [1.165, 1.54) is 12.1 Å². The van der Waals surface area contributed by atoms with Crippen LogP contribution in [0.3, 0.4) is 0 Å². The Hall–Kier alpha value is -2.37. The molecule has 108 valence electrons. The normalized spacial score (nSPS) is 35.6. The highest BCUT2D eigenvalue weighted by Crippen LogP contribution is 2.50. The van der Waals surface area contributed by atoms with Gasteiger partial charge < -0.3 is 10.1 Å². The maximum Gasteiger partial charge on any atom is 0.329 e. The summed E-state index contributed by atoms with van der Waals surface area (Å²) in [6, 6.07) is 5.75. The van der Waals surface area contributed by atoms with E-state index in [0.717, 1.165) is 6.42 Å². The first-order chi connectivity index (χ1) is 10.1. The molecule has 1 saturated carbocycles. The highest BCUT2D eigenvalue weighted by molar-refractivity contribution is 5.82. The van der Waals surface area contributed by atoms with Crippen molar-refractivity contribution in [3.8, 4) is 0 Å². The van der Waals surface area contributed by atoms with Crippen LogP contribution in [0.15, 0.2) is 36.4 Å². The molecule has 6 nitrogen and oxygen atoms in total. The van der Waals surface area contributed by atoms with Crippen LogP contribution in [0.2, 0.25) is 0 Å². The smallest absolute Gasteiger partial charge is 0.329 e. The molecule has 1 aliphatic heterocycles. The molecule has 2 fully saturated rings. The molecule has 21 heavy (non-hydrogen) atoms. The number of nitro groups is 1. The lowest BCUT2D eigenvalue weighted by molar-refractivity contribution is -0.384. The number of rotatable bonds is 3. The Morgan fingerprint density at radius 3 is 2.62 bits per heavy atom. The monoisotopic (exact) mass is 286 g/mol. The van der Waals surface area contributed by atoms with Crippen LogP contribution >= 0.6 is 0 Å². The van der Waals surface area contributed by atoms with Gasteiger partial charge in [0.25, 0.3) is 5.69 Å². The Labute approximate surface area is 120 Å². The van der Waals surface area contributed by atoms with Crippen LogP contribution in [0, 0.1) is 27.9 Å². The lowest BCUT2D eigenvalue weighted by Gasteiger charge is -2.22. The molecule has 1 aromatic carbocycles. The fourth-order valence-electron chi connectivity index (χ4n) is 3.80. The van der Waals surface area contributed by atoms with Crippen LogP contribution in [-0.2, 0) is 9.53 Å². The summed E-state index contributed by atoms with van der Waals surface area (Å²) < 4.78 is 5.51. The Bertz CT molecular complexity index is 640. The standard InChI is InChI=1S/C15H14N2O4/c18-15-13(12-8-1-2-9(7-8)14(12)21-15)16-10-3-5-11(6-4-10)17(19)20/h1-6,8-9,12-14,16H,7H2/t8-,9+,12-,13-,14-/m0/s1. The minimum atomic E-state index is -0.440. The Balaban J connectivity index is 1.55. The molecule has 5 atom stereocenters. The maximum atomic E-state index is 12.1. The molecule has 4 rings (SSSR count). The number of nitro benzene ring substituents is 1. The van der Waals surface area contributed by atoms with E-state index in [9.17, 15) is 14.9 Å². The molecule has 3 aliphatic rings. The quantitative estimate of drug-likeness (QED) is 0.398. The number of benzene rings is 1. The molecule has 0 unspecified atom stereocenters. The third-order valence-corrected chi connectivity index (χ3v) is 4.74. The lowest BCUT2D eigenvalue weighted by atomic mass is 9.86. The van der Waals surface area contributed by atoms with E-state index in [4.69, 9.17) is 4.74 Å². The van der Waals surface area contributed by atoms with Crippen LogP contribution in [0.25, 0.3) is 0 Å². The number of esters is 1. The molecule has 0 radical (unpaired) electrons. The number of nitrogens with zero attached hydrogens (tertiary/aromatic N) is 1. The Morgan fingerprint density at radius 1 is 1.19 bits per heavy atom. The highest BCUT2D eigenvalue weighted by Gasteiger charge is 2.57. The number of ether oxygens (including phenoxy) is 1. The number of carbonyl (C=O) groups is 1. The van der Waals surface area contributed by atoms with Crippen molar-refractivity contribution in [1.82, 2.24) is 0 Å². The average molecular weight is 286 g/mol. The first-order valence-electron chi connectivity index (χ1n) is 7.03. The van der Waals surface area contributed by atoms with Crippen LogP contribution in [-0.4, -0.2) is 23.0 Å². The number of carbonyl (C=O) groups excluding carboxylic acids is 1. The van der Waals surface area contributed by atoms with Crippen molar-refractivity contribution in [2.75, 3.05) is 5.32 Å². The molecular formula is C15H14N2O4. The molecule has 0 amide bonds. The predicted molar refractivity (Wildman–Crippen MR) is 74.6 cm³/mol. The van der Waals surface area contributed by atoms with Gasteiger partial charge in [-0.15, -0.1) is 0 Å². The van der Waals surface area contributed by atoms with Gasteiger partial charge in [0.1, 0.15) is 12.1 Å². The van der Waals surface area contributed by atoms with E-state index in [2.05, 4.69) is 17.5 Å². The van der Waals surface area contributed by atoms with Crippen LogP contribution < -0.4 is 5.32 Å². The van der Waals surface area contributed by atoms with E-state index in [-0.39, 0.29) is 29.7 Å². The van der Waals surface area contributed by atoms with Gasteiger partial charge in [-0.1, -0.05) is 12.2 Å². The van der Waals surface area contributed by atoms with Crippen molar-refractivity contribution in [2.24, 2.45) is 17.8 Å². The van der Waals surface area contributed by atoms with E-state index in [1.807, 2.05) is 0 Å². The molecule has 0 spiro atoms. The Morgan fingerprint density at radius 2 is 1.90 bits per heavy atom. The first kappa shape index (κ1) is 12.4. The summed E-state index contributed by atoms with van der Waals surface area (Å²) in [7, 11) is 0. The molecular weight excluding hydrogens is 272 g/mol. The molecule has 1 N–H and O–H groups in total. The topological polar surface area (TPSA) is 81.5 Å². The predicted octanol–water partition coefficient (Wildman–Crippen LogP) is 2.12. The molecule has 2 bridgehead atoms. The zero-order chi connectivity index (χ0) is 14.6. The summed E-state index contributed by atoms with van der Waals surface area (Å²) in [6.45, 7) is 0. The minimum Gasteiger partial charge on any atom is -0.460 e. The third kappa shape index (κ3) is 1.82. The zero-order valence-electron chi connectivity index (χ0n) is 11.1. The number of hydrogen-bond donors (Lipinski definition) is 1. The van der Waals surface area contributed by atoms with Gasteiger partial charge >= 0.3 is 5.97 Å². The number of fused-ring (bicyclic) bond motifs is 5. The number of anilines is 1. The molecule has 0 aromatic heterocycles. The van der Waals surface area contributed by atoms with Gasteiger partial charge in [0.05, 0.1) is 4.92 Å². The maximum absolute atomic E-state index is 12.1. The number of hydrogen-bond acceptors (Lipinski definition) is 5. The molecule has 1 aromatic rings. The Kier molecular flexibility index (Phi) is 2.54. The van der Waals surface area contributed by atoms with E-state index < -0.39 is 4.92 Å². The van der Waals surface area contributed by atoms with E-state index >= 15 is 0 Å². The molecule has 2 aliphatic carbocycles. The van der Waals surface area contributed by atoms with Gasteiger partial charge in [0.15, 0.2) is 0 Å². The second-order valence-electron chi connectivity index (χ2n) is 5.85. The van der Waals surface area contributed by atoms with Crippen molar-refractivity contribution >= 4 is 17.3 Å². The second-order valence-corrected chi connectivity index (χ2v) is 5.85. The van der Waals surface area contributed by atoms with Crippen molar-refractivity contribution in [3.05, 3.63) is 46.5 Å². The summed E-state index contributed by atoms with van der Waals surface area (Å²) in [4.78, 5) is 22.3. The fraction of sp³-hybridized carbons (Fsp3) is 0.400. The van der Waals surface area contributed by atoms with E-state index in [0.29, 0.717) is 17.5 Å². The molecule has 6 heteroatoms. The van der Waals surface area contributed by atoms with Crippen LogP contribution in [0.1, 0.15) is 6.42 Å². The highest BCUT2D eigenvalue weighted by atomic mass is 16.6. The van der Waals surface area contributed by atoms with Crippen molar-refractivity contribution in [3.63, 3.8) is 0 Å². The number of non-ortho nitro benzene ring substituents is 1. The average Bonchev–Trinajstić information content (AvgIpc) is 3.13. The zero-order valence-corrected chi connectivity index (χ0v) is 11.1.